The number of unbranched alkanes of at least 4 members (excludes halogenated alkanes) is 1. The van der Waals surface area contributed by atoms with Crippen LogP contribution >= 0.6 is 0 Å². The van der Waals surface area contributed by atoms with E-state index >= 15 is 0 Å². The Balaban J connectivity index is 2.94. The lowest BCUT2D eigenvalue weighted by molar-refractivity contribution is 0.367. The Kier molecular flexibility index (Phi) is 7.84. The van der Waals surface area contributed by atoms with E-state index < -0.39 is 0 Å². The largest absolute Gasteiger partial charge is 0.338 e. The molecule has 0 saturated heterocycles. The summed E-state index contributed by atoms with van der Waals surface area (Å²) in [4.78, 5) is 11.9. The highest BCUT2D eigenvalue weighted by atomic mass is 15.3. The van der Waals surface area contributed by atoms with Gasteiger partial charge in [0.2, 0.25) is 5.95 Å². The second kappa shape index (κ2) is 9.12. The van der Waals surface area contributed by atoms with Crippen molar-refractivity contribution < 1.29 is 0 Å². The topological polar surface area (TPSA) is 29.0 Å². The Bertz CT molecular complexity index is 419. The van der Waals surface area contributed by atoms with E-state index in [1.54, 1.807) is 0 Å². The molecule has 0 spiro atoms. The van der Waals surface area contributed by atoms with Gasteiger partial charge in [-0.05, 0) is 43.6 Å². The van der Waals surface area contributed by atoms with E-state index in [2.05, 4.69) is 57.5 Å². The van der Waals surface area contributed by atoms with Gasteiger partial charge < -0.3 is 4.90 Å². The molecule has 3 heteroatoms. The summed E-state index contributed by atoms with van der Waals surface area (Å²) >= 11 is 0. The molecule has 0 fully saturated rings. The van der Waals surface area contributed by atoms with Crippen LogP contribution < -0.4 is 4.90 Å². The van der Waals surface area contributed by atoms with Crippen molar-refractivity contribution in [3.8, 4) is 0 Å². The molecule has 3 nitrogen and oxygen atoms in total. The molecule has 1 heterocycles. The Morgan fingerprint density at radius 3 is 2.36 bits per heavy atom. The van der Waals surface area contributed by atoms with Crippen LogP contribution in [-0.2, 0) is 6.42 Å². The van der Waals surface area contributed by atoms with Gasteiger partial charge in [-0.1, -0.05) is 48.0 Å². The SMILES string of the molecule is CCCCc1ccnc(N(CCC(C)(C)C)C(CC)CC)n1. The van der Waals surface area contributed by atoms with Crippen molar-refractivity contribution in [2.45, 2.75) is 86.1 Å². The van der Waals surface area contributed by atoms with Gasteiger partial charge in [-0.2, -0.15) is 0 Å². The molecular weight excluding hydrogens is 270 g/mol. The van der Waals surface area contributed by atoms with Gasteiger partial charge in [-0.3, -0.25) is 0 Å². The highest BCUT2D eigenvalue weighted by Gasteiger charge is 2.21. The summed E-state index contributed by atoms with van der Waals surface area (Å²) in [7, 11) is 0. The quantitative estimate of drug-likeness (QED) is 0.624. The summed E-state index contributed by atoms with van der Waals surface area (Å²) in [6, 6.07) is 2.59. The molecule has 0 aromatic carbocycles. The predicted molar refractivity (Wildman–Crippen MR) is 96.4 cm³/mol. The molecule has 0 aliphatic rings. The van der Waals surface area contributed by atoms with Crippen LogP contribution in [0.25, 0.3) is 0 Å². The molecular formula is C19H35N3. The fourth-order valence-corrected chi connectivity index (χ4v) is 2.65. The third kappa shape index (κ3) is 6.33. The van der Waals surface area contributed by atoms with Crippen molar-refractivity contribution in [2.24, 2.45) is 5.41 Å². The lowest BCUT2D eigenvalue weighted by atomic mass is 9.91. The van der Waals surface area contributed by atoms with Crippen molar-refractivity contribution in [3.63, 3.8) is 0 Å². The monoisotopic (exact) mass is 305 g/mol. The highest BCUT2D eigenvalue weighted by Crippen LogP contribution is 2.23. The second-order valence-electron chi connectivity index (χ2n) is 7.43. The lowest BCUT2D eigenvalue weighted by Crippen LogP contribution is -2.38. The number of rotatable bonds is 9. The van der Waals surface area contributed by atoms with Crippen molar-refractivity contribution in [1.82, 2.24) is 9.97 Å². The van der Waals surface area contributed by atoms with Gasteiger partial charge in [0.1, 0.15) is 0 Å². The van der Waals surface area contributed by atoms with Crippen LogP contribution in [0.15, 0.2) is 12.3 Å². The van der Waals surface area contributed by atoms with E-state index in [-0.39, 0.29) is 0 Å². The highest BCUT2D eigenvalue weighted by molar-refractivity contribution is 5.32. The number of nitrogens with zero attached hydrogens (tertiary/aromatic N) is 3. The summed E-state index contributed by atoms with van der Waals surface area (Å²) in [5.41, 5.74) is 1.52. The molecule has 0 amide bonds. The number of aryl methyl sites for hydroxylation is 1. The number of aromatic nitrogens is 2. The Morgan fingerprint density at radius 2 is 1.82 bits per heavy atom. The molecule has 1 rings (SSSR count). The van der Waals surface area contributed by atoms with E-state index in [1.807, 2.05) is 6.20 Å². The minimum atomic E-state index is 0.337. The van der Waals surface area contributed by atoms with Crippen LogP contribution in [0.2, 0.25) is 0 Å². The van der Waals surface area contributed by atoms with E-state index in [0.29, 0.717) is 11.5 Å². The van der Waals surface area contributed by atoms with Gasteiger partial charge in [0.25, 0.3) is 0 Å². The van der Waals surface area contributed by atoms with Gasteiger partial charge in [-0.25, -0.2) is 9.97 Å². The molecule has 0 bridgehead atoms. The maximum Gasteiger partial charge on any atom is 0.225 e. The molecule has 1 aromatic heterocycles. The number of anilines is 1. The fourth-order valence-electron chi connectivity index (χ4n) is 2.65. The number of hydrogen-bond acceptors (Lipinski definition) is 3. The van der Waals surface area contributed by atoms with E-state index in [9.17, 15) is 0 Å². The zero-order chi connectivity index (χ0) is 16.6. The normalized spacial score (nSPS) is 12.0. The Labute approximate surface area is 137 Å². The summed E-state index contributed by atoms with van der Waals surface area (Å²) in [5.74, 6) is 0.923. The fraction of sp³-hybridized carbons (Fsp3) is 0.789. The maximum atomic E-state index is 4.84. The second-order valence-corrected chi connectivity index (χ2v) is 7.43. The minimum absolute atomic E-state index is 0.337. The van der Waals surface area contributed by atoms with Crippen molar-refractivity contribution in [2.75, 3.05) is 11.4 Å². The first-order valence-corrected chi connectivity index (χ1v) is 8.99. The van der Waals surface area contributed by atoms with Crippen molar-refractivity contribution in [3.05, 3.63) is 18.0 Å². The lowest BCUT2D eigenvalue weighted by Gasteiger charge is -2.33. The van der Waals surface area contributed by atoms with E-state index in [4.69, 9.17) is 4.98 Å². The van der Waals surface area contributed by atoms with Crippen LogP contribution in [-0.4, -0.2) is 22.6 Å². The van der Waals surface area contributed by atoms with Gasteiger partial charge in [-0.15, -0.1) is 0 Å². The van der Waals surface area contributed by atoms with E-state index in [0.717, 1.165) is 38.2 Å². The summed E-state index contributed by atoms with van der Waals surface area (Å²) in [6.45, 7) is 14.7. The molecule has 0 saturated carbocycles. The van der Waals surface area contributed by atoms with Gasteiger partial charge in [0, 0.05) is 24.5 Å². The van der Waals surface area contributed by atoms with Crippen LogP contribution in [0.5, 0.6) is 0 Å². The third-order valence-electron chi connectivity index (χ3n) is 4.23. The zero-order valence-electron chi connectivity index (χ0n) is 15.5. The molecule has 0 aliphatic heterocycles. The molecule has 0 aliphatic carbocycles. The average molecular weight is 306 g/mol. The first kappa shape index (κ1) is 18.9. The first-order chi connectivity index (χ1) is 10.4. The van der Waals surface area contributed by atoms with Gasteiger partial charge >= 0.3 is 0 Å². The molecule has 0 radical (unpaired) electrons. The molecule has 0 N–H and O–H groups in total. The molecule has 0 unspecified atom stereocenters. The first-order valence-electron chi connectivity index (χ1n) is 8.99. The molecule has 0 atom stereocenters. The number of hydrogen-bond donors (Lipinski definition) is 0. The van der Waals surface area contributed by atoms with Crippen molar-refractivity contribution >= 4 is 5.95 Å². The third-order valence-corrected chi connectivity index (χ3v) is 4.23. The van der Waals surface area contributed by atoms with Crippen LogP contribution in [0.3, 0.4) is 0 Å². The smallest absolute Gasteiger partial charge is 0.225 e. The minimum Gasteiger partial charge on any atom is -0.338 e. The van der Waals surface area contributed by atoms with Crippen molar-refractivity contribution in [1.29, 1.82) is 0 Å². The molecule has 1 aromatic rings. The zero-order valence-corrected chi connectivity index (χ0v) is 15.5. The molecule has 126 valence electrons. The summed E-state index contributed by atoms with van der Waals surface area (Å²) in [6.07, 6.45) is 8.84. The standard InChI is InChI=1S/C19H35N3/c1-7-10-11-16-12-14-20-18(21-16)22(17(8-2)9-3)15-13-19(4,5)6/h12,14,17H,7-11,13,15H2,1-6H3. The molecule has 22 heavy (non-hydrogen) atoms. The van der Waals surface area contributed by atoms with Gasteiger partial charge in [0.05, 0.1) is 0 Å². The Hall–Kier alpha value is -1.12. The summed E-state index contributed by atoms with van der Waals surface area (Å²) in [5, 5.41) is 0. The van der Waals surface area contributed by atoms with E-state index in [1.165, 1.54) is 18.5 Å². The van der Waals surface area contributed by atoms with Crippen LogP contribution in [0.1, 0.15) is 79.3 Å². The maximum absolute atomic E-state index is 4.84. The van der Waals surface area contributed by atoms with Crippen LogP contribution in [0, 0.1) is 5.41 Å². The average Bonchev–Trinajstić information content (AvgIpc) is 2.48. The predicted octanol–water partition coefficient (Wildman–Crippen LogP) is 5.25. The van der Waals surface area contributed by atoms with Crippen LogP contribution in [0.4, 0.5) is 5.95 Å². The summed E-state index contributed by atoms with van der Waals surface area (Å²) < 4.78 is 0. The Morgan fingerprint density at radius 1 is 1.14 bits per heavy atom. The van der Waals surface area contributed by atoms with Gasteiger partial charge in [0.15, 0.2) is 0 Å².